The molecule has 1 aromatic carbocycles. The van der Waals surface area contributed by atoms with Gasteiger partial charge in [-0.1, -0.05) is 12.1 Å². The summed E-state index contributed by atoms with van der Waals surface area (Å²) in [6.07, 6.45) is 0. The van der Waals surface area contributed by atoms with Crippen molar-refractivity contribution in [3.05, 3.63) is 29.8 Å². The van der Waals surface area contributed by atoms with E-state index in [-0.39, 0.29) is 24.4 Å². The van der Waals surface area contributed by atoms with Crippen molar-refractivity contribution in [2.75, 3.05) is 25.1 Å². The van der Waals surface area contributed by atoms with Gasteiger partial charge in [0.05, 0.1) is 12.5 Å². The predicted molar refractivity (Wildman–Crippen MR) is 90.0 cm³/mol. The molecule has 120 valence electrons. The van der Waals surface area contributed by atoms with Crippen LogP contribution in [0.3, 0.4) is 0 Å². The number of carbonyl (C=O) groups is 1. The van der Waals surface area contributed by atoms with Crippen LogP contribution in [0.1, 0.15) is 39.3 Å². The molecule has 0 heterocycles. The highest BCUT2D eigenvalue weighted by molar-refractivity contribution is 5.85. The average molecular weight is 315 g/mol. The van der Waals surface area contributed by atoms with Crippen LogP contribution in [-0.4, -0.2) is 26.2 Å². The fourth-order valence-corrected chi connectivity index (χ4v) is 2.29. The first-order valence-corrected chi connectivity index (χ1v) is 7.07. The Morgan fingerprint density at radius 2 is 1.71 bits per heavy atom. The molecule has 0 saturated heterocycles. The summed E-state index contributed by atoms with van der Waals surface area (Å²) >= 11 is 0. The molecule has 21 heavy (non-hydrogen) atoms. The number of hydrogen-bond donors (Lipinski definition) is 1. The van der Waals surface area contributed by atoms with Crippen molar-refractivity contribution in [3.63, 3.8) is 0 Å². The number of benzene rings is 1. The van der Waals surface area contributed by atoms with Gasteiger partial charge >= 0.3 is 5.97 Å². The fourth-order valence-electron chi connectivity index (χ4n) is 2.29. The van der Waals surface area contributed by atoms with Crippen LogP contribution < -0.4 is 10.6 Å². The second kappa shape index (κ2) is 8.25. The van der Waals surface area contributed by atoms with Crippen LogP contribution in [0.25, 0.3) is 0 Å². The first kappa shape index (κ1) is 19.7. The van der Waals surface area contributed by atoms with Crippen molar-refractivity contribution in [2.24, 2.45) is 11.1 Å². The maximum atomic E-state index is 11.8. The standard InChI is InChI=1S/C16H26N2O2.ClH/c1-6-18(7-2)13-10-8-12(9-11-13)14(17)16(3,4)15(19)20-5;/h8-11,14H,6-7,17H2,1-5H3;1H/t14-;/m1./s1. The van der Waals surface area contributed by atoms with Crippen LogP contribution in [0, 0.1) is 5.41 Å². The maximum absolute atomic E-state index is 11.8. The Morgan fingerprint density at radius 3 is 2.10 bits per heavy atom. The van der Waals surface area contributed by atoms with E-state index < -0.39 is 5.41 Å². The van der Waals surface area contributed by atoms with Crippen LogP contribution >= 0.6 is 12.4 Å². The molecule has 0 fully saturated rings. The molecule has 0 aliphatic rings. The van der Waals surface area contributed by atoms with Gasteiger partial charge in [0.15, 0.2) is 0 Å². The van der Waals surface area contributed by atoms with Crippen LogP contribution in [-0.2, 0) is 9.53 Å². The van der Waals surface area contributed by atoms with Gasteiger partial charge in [0, 0.05) is 24.8 Å². The monoisotopic (exact) mass is 314 g/mol. The van der Waals surface area contributed by atoms with E-state index in [4.69, 9.17) is 10.5 Å². The number of methoxy groups -OCH3 is 1. The molecule has 4 nitrogen and oxygen atoms in total. The minimum absolute atomic E-state index is 0. The Bertz CT molecular complexity index is 442. The van der Waals surface area contributed by atoms with Gasteiger partial charge in [-0.25, -0.2) is 0 Å². The summed E-state index contributed by atoms with van der Waals surface area (Å²) in [6.45, 7) is 9.81. The Morgan fingerprint density at radius 1 is 1.24 bits per heavy atom. The predicted octanol–water partition coefficient (Wildman–Crippen LogP) is 3.15. The topological polar surface area (TPSA) is 55.6 Å². The van der Waals surface area contributed by atoms with E-state index in [1.54, 1.807) is 0 Å². The number of ether oxygens (including phenoxy) is 1. The molecule has 1 aromatic rings. The van der Waals surface area contributed by atoms with Gasteiger partial charge in [-0.2, -0.15) is 0 Å². The van der Waals surface area contributed by atoms with Gasteiger partial charge in [-0.3, -0.25) is 4.79 Å². The van der Waals surface area contributed by atoms with E-state index in [2.05, 4.69) is 30.9 Å². The number of hydrogen-bond acceptors (Lipinski definition) is 4. The minimum Gasteiger partial charge on any atom is -0.469 e. The van der Waals surface area contributed by atoms with Crippen molar-refractivity contribution in [3.8, 4) is 0 Å². The lowest BCUT2D eigenvalue weighted by Gasteiger charge is -2.29. The summed E-state index contributed by atoms with van der Waals surface area (Å²) in [5.74, 6) is -0.294. The Labute approximate surface area is 134 Å². The van der Waals surface area contributed by atoms with Crippen molar-refractivity contribution in [1.29, 1.82) is 0 Å². The van der Waals surface area contributed by atoms with E-state index in [1.165, 1.54) is 12.8 Å². The van der Waals surface area contributed by atoms with Gasteiger partial charge in [-0.05, 0) is 45.4 Å². The molecule has 1 atom stereocenters. The Balaban J connectivity index is 0.00000400. The molecule has 0 bridgehead atoms. The quantitative estimate of drug-likeness (QED) is 0.820. The van der Waals surface area contributed by atoms with Gasteiger partial charge in [0.25, 0.3) is 0 Å². The third-order valence-electron chi connectivity index (χ3n) is 3.87. The van der Waals surface area contributed by atoms with E-state index in [0.717, 1.165) is 18.7 Å². The van der Waals surface area contributed by atoms with Crippen molar-refractivity contribution < 1.29 is 9.53 Å². The Hall–Kier alpha value is -1.26. The molecule has 0 aromatic heterocycles. The van der Waals surface area contributed by atoms with Crippen molar-refractivity contribution >= 4 is 24.1 Å². The number of nitrogens with zero attached hydrogens (tertiary/aromatic N) is 1. The first-order chi connectivity index (χ1) is 9.38. The van der Waals surface area contributed by atoms with Crippen LogP contribution in [0.2, 0.25) is 0 Å². The van der Waals surface area contributed by atoms with Gasteiger partial charge in [-0.15, -0.1) is 12.4 Å². The molecule has 5 heteroatoms. The van der Waals surface area contributed by atoms with E-state index in [9.17, 15) is 4.79 Å². The highest BCUT2D eigenvalue weighted by Crippen LogP contribution is 2.33. The number of carbonyl (C=O) groups excluding carboxylic acids is 1. The maximum Gasteiger partial charge on any atom is 0.313 e. The Kier molecular flexibility index (Phi) is 7.75. The average Bonchev–Trinajstić information content (AvgIpc) is 2.47. The largest absolute Gasteiger partial charge is 0.469 e. The van der Waals surface area contributed by atoms with Gasteiger partial charge in [0.2, 0.25) is 0 Å². The summed E-state index contributed by atoms with van der Waals surface area (Å²) in [4.78, 5) is 14.1. The third-order valence-corrected chi connectivity index (χ3v) is 3.87. The molecular weight excluding hydrogens is 288 g/mol. The fraction of sp³-hybridized carbons (Fsp3) is 0.562. The van der Waals surface area contributed by atoms with Crippen LogP contribution in [0.4, 0.5) is 5.69 Å². The second-order valence-corrected chi connectivity index (χ2v) is 5.45. The van der Waals surface area contributed by atoms with E-state index in [0.29, 0.717) is 0 Å². The summed E-state index contributed by atoms with van der Waals surface area (Å²) in [6, 6.07) is 7.69. The highest BCUT2D eigenvalue weighted by Gasteiger charge is 2.36. The van der Waals surface area contributed by atoms with Crippen molar-refractivity contribution in [2.45, 2.75) is 33.7 Å². The molecule has 0 radical (unpaired) electrons. The number of nitrogens with two attached hydrogens (primary N) is 1. The molecule has 0 aliphatic heterocycles. The van der Waals surface area contributed by atoms with Gasteiger partial charge < -0.3 is 15.4 Å². The van der Waals surface area contributed by atoms with Crippen LogP contribution in [0.5, 0.6) is 0 Å². The van der Waals surface area contributed by atoms with Gasteiger partial charge in [0.1, 0.15) is 0 Å². The second-order valence-electron chi connectivity index (χ2n) is 5.45. The van der Waals surface area contributed by atoms with E-state index >= 15 is 0 Å². The molecule has 2 N–H and O–H groups in total. The smallest absolute Gasteiger partial charge is 0.313 e. The number of rotatable bonds is 6. The third kappa shape index (κ3) is 4.35. The zero-order chi connectivity index (χ0) is 15.3. The highest BCUT2D eigenvalue weighted by atomic mass is 35.5. The zero-order valence-corrected chi connectivity index (χ0v) is 14.4. The lowest BCUT2D eigenvalue weighted by Crippen LogP contribution is -2.37. The summed E-state index contributed by atoms with van der Waals surface area (Å²) in [5, 5.41) is 0. The summed E-state index contributed by atoms with van der Waals surface area (Å²) in [5.41, 5.74) is 7.59. The van der Waals surface area contributed by atoms with Crippen LogP contribution in [0.15, 0.2) is 24.3 Å². The van der Waals surface area contributed by atoms with E-state index in [1.807, 2.05) is 26.0 Å². The molecular formula is C16H27ClN2O2. The summed E-state index contributed by atoms with van der Waals surface area (Å²) < 4.78 is 4.83. The molecule has 0 saturated carbocycles. The molecule has 1 rings (SSSR count). The number of halogens is 1. The first-order valence-electron chi connectivity index (χ1n) is 7.07. The molecule has 0 aliphatic carbocycles. The SMILES string of the molecule is CCN(CC)c1ccc([C@@H](N)C(C)(C)C(=O)OC)cc1.Cl. The minimum atomic E-state index is -0.745. The zero-order valence-electron chi connectivity index (χ0n) is 13.6. The molecule has 0 spiro atoms. The molecule has 0 unspecified atom stereocenters. The molecule has 0 amide bonds. The lowest BCUT2D eigenvalue weighted by atomic mass is 9.81. The normalized spacial score (nSPS) is 12.3. The number of esters is 1. The van der Waals surface area contributed by atoms with Crippen molar-refractivity contribution in [1.82, 2.24) is 0 Å². The lowest BCUT2D eigenvalue weighted by molar-refractivity contribution is -0.152. The number of anilines is 1. The summed E-state index contributed by atoms with van der Waals surface area (Å²) in [7, 11) is 1.39.